The summed E-state index contributed by atoms with van der Waals surface area (Å²) in [7, 11) is 3.03. The summed E-state index contributed by atoms with van der Waals surface area (Å²) in [6, 6.07) is 15.9. The lowest BCUT2D eigenvalue weighted by atomic mass is 9.82. The van der Waals surface area contributed by atoms with Gasteiger partial charge in [-0.3, -0.25) is 0 Å². The van der Waals surface area contributed by atoms with Crippen LogP contribution < -0.4 is 10.2 Å². The Morgan fingerprint density at radius 1 is 1.07 bits per heavy atom. The molecule has 1 heterocycles. The average molecular weight is 542 g/mol. The summed E-state index contributed by atoms with van der Waals surface area (Å²) < 4.78 is 36.4. The van der Waals surface area contributed by atoms with Gasteiger partial charge in [0.05, 0.1) is 18.7 Å². The largest absolute Gasteiger partial charge is 0.466 e. The van der Waals surface area contributed by atoms with Crippen molar-refractivity contribution in [1.82, 2.24) is 5.32 Å². The molecule has 3 aromatic rings. The highest BCUT2D eigenvalue weighted by Gasteiger charge is 2.37. The number of benzene rings is 3. The minimum atomic E-state index is -0.713. The Morgan fingerprint density at radius 3 is 2.38 bits per heavy atom. The van der Waals surface area contributed by atoms with Crippen molar-refractivity contribution >= 4 is 29.5 Å². The Morgan fingerprint density at radius 2 is 1.77 bits per heavy atom. The number of anilines is 1. The first-order chi connectivity index (χ1) is 19.3. The summed E-state index contributed by atoms with van der Waals surface area (Å²) >= 11 is 0. The lowest BCUT2D eigenvalue weighted by molar-refractivity contribution is -0.134. The Balaban J connectivity index is 1.64. The second kappa shape index (κ2) is 11.5. The number of hydrogen-bond acceptors (Lipinski definition) is 5. The molecule has 0 radical (unpaired) electrons. The van der Waals surface area contributed by atoms with Crippen LogP contribution in [0.1, 0.15) is 65.1 Å². The summed E-state index contributed by atoms with van der Waals surface area (Å²) in [5, 5.41) is 10.8. The van der Waals surface area contributed by atoms with Gasteiger partial charge in [0, 0.05) is 42.8 Å². The quantitative estimate of drug-likeness (QED) is 0.188. The van der Waals surface area contributed by atoms with Gasteiger partial charge in [-0.15, -0.1) is 0 Å². The third-order valence-electron chi connectivity index (χ3n) is 7.72. The first kappa shape index (κ1) is 27.3. The maximum absolute atomic E-state index is 15.9. The molecule has 0 spiro atoms. The molecule has 1 saturated carbocycles. The molecule has 2 N–H and O–H groups in total. The van der Waals surface area contributed by atoms with Crippen molar-refractivity contribution in [3.8, 4) is 0 Å². The number of nitrogens with zero attached hydrogens (tertiary/aromatic N) is 1. The van der Waals surface area contributed by atoms with E-state index in [1.54, 1.807) is 13.2 Å². The molecule has 1 aliphatic carbocycles. The van der Waals surface area contributed by atoms with Gasteiger partial charge in [-0.2, -0.15) is 0 Å². The molecule has 2 atom stereocenters. The lowest BCUT2D eigenvalue weighted by Crippen LogP contribution is -2.43. The van der Waals surface area contributed by atoms with Crippen LogP contribution in [0, 0.1) is 17.0 Å². The minimum Gasteiger partial charge on any atom is -0.466 e. The molecule has 0 amide bonds. The number of esters is 1. The molecule has 0 aromatic heterocycles. The zero-order valence-electron chi connectivity index (χ0n) is 22.9. The van der Waals surface area contributed by atoms with E-state index in [1.165, 1.54) is 49.9 Å². The van der Waals surface area contributed by atoms with Crippen molar-refractivity contribution < 1.29 is 18.3 Å². The highest BCUT2D eigenvalue weighted by molar-refractivity contribution is 6.08. The highest BCUT2D eigenvalue weighted by Crippen LogP contribution is 2.45. The molecule has 5 rings (SSSR count). The Labute approximate surface area is 233 Å². The summed E-state index contributed by atoms with van der Waals surface area (Å²) in [6.45, 7) is 2.07. The van der Waals surface area contributed by atoms with Crippen molar-refractivity contribution in [2.75, 3.05) is 19.1 Å². The van der Waals surface area contributed by atoms with Gasteiger partial charge in [-0.1, -0.05) is 30.3 Å². The van der Waals surface area contributed by atoms with E-state index in [1.807, 2.05) is 18.2 Å². The van der Waals surface area contributed by atoms with Crippen LogP contribution >= 0.6 is 0 Å². The monoisotopic (exact) mass is 541 g/mol. The summed E-state index contributed by atoms with van der Waals surface area (Å²) in [6.07, 6.45) is 8.60. The lowest BCUT2D eigenvalue weighted by Gasteiger charge is -2.44. The van der Waals surface area contributed by atoms with Crippen LogP contribution in [0.3, 0.4) is 0 Å². The molecule has 1 fully saturated rings. The normalized spacial score (nSPS) is 18.9. The number of rotatable bonds is 8. The van der Waals surface area contributed by atoms with Crippen molar-refractivity contribution in [3.63, 3.8) is 0 Å². The van der Waals surface area contributed by atoms with E-state index < -0.39 is 23.6 Å². The average Bonchev–Trinajstić information content (AvgIpc) is 3.80. The Hall–Kier alpha value is -4.26. The van der Waals surface area contributed by atoms with Crippen LogP contribution in [0.25, 0.3) is 11.6 Å². The van der Waals surface area contributed by atoms with E-state index >= 15 is 8.78 Å². The molecular weight excluding hydrogens is 508 g/mol. The number of fused-ring (bicyclic) bond motifs is 1. The van der Waals surface area contributed by atoms with Crippen LogP contribution in [0.15, 0.2) is 66.9 Å². The van der Waals surface area contributed by atoms with Gasteiger partial charge < -0.3 is 20.4 Å². The molecule has 2 unspecified atom stereocenters. The molecule has 7 heteroatoms. The van der Waals surface area contributed by atoms with Gasteiger partial charge in [-0.05, 0) is 90.3 Å². The van der Waals surface area contributed by atoms with Crippen molar-refractivity contribution in [2.45, 2.75) is 44.2 Å². The van der Waals surface area contributed by atoms with E-state index in [4.69, 9.17) is 5.41 Å². The second-order valence-electron chi connectivity index (χ2n) is 10.4. The summed E-state index contributed by atoms with van der Waals surface area (Å²) in [5.41, 5.74) is 5.77. The number of hydrogen-bond donors (Lipinski definition) is 2. The maximum Gasteiger partial charge on any atom is 0.330 e. The van der Waals surface area contributed by atoms with Gasteiger partial charge in [0.2, 0.25) is 0 Å². The van der Waals surface area contributed by atoms with Crippen molar-refractivity contribution in [1.29, 1.82) is 5.41 Å². The van der Waals surface area contributed by atoms with Gasteiger partial charge in [-0.25, -0.2) is 13.6 Å². The van der Waals surface area contributed by atoms with Crippen LogP contribution in [0.2, 0.25) is 0 Å². The van der Waals surface area contributed by atoms with Crippen molar-refractivity contribution in [3.05, 3.63) is 112 Å². The number of halogens is 2. The molecular formula is C33H33F2N3O2. The third kappa shape index (κ3) is 5.41. The summed E-state index contributed by atoms with van der Waals surface area (Å²) in [4.78, 5) is 13.6. The fraction of sp³-hybridized carbons (Fsp3) is 0.273. The first-order valence-electron chi connectivity index (χ1n) is 13.5. The smallest absolute Gasteiger partial charge is 0.330 e. The molecule has 0 saturated heterocycles. The SMILES string of the molecule is CN/C=C(\C=N)c1ccc2c(c1)CC(C)N(c1ccc(C3CC3)cc1)C2c1c(F)cc(/C=C/C(=O)OC)cc1F. The zero-order chi connectivity index (χ0) is 28.4. The standard InChI is InChI=1S/C33H33F2N3O2/c1-20-14-25-17-24(26(18-36)19-37-2)9-12-28(25)33(38(20)27-10-7-23(8-11-27)22-5-6-22)32-29(34)15-21(16-30(32)35)4-13-31(39)40-3/h4,7-13,15-20,22,33,36-37H,5-6,14H2,1-3H3/b13-4+,26-19+,36-18?. The fourth-order valence-electron chi connectivity index (χ4n) is 5.64. The molecule has 40 heavy (non-hydrogen) atoms. The van der Waals surface area contributed by atoms with E-state index in [0.29, 0.717) is 17.9 Å². The number of allylic oxidation sites excluding steroid dienone is 1. The van der Waals surface area contributed by atoms with Crippen molar-refractivity contribution in [2.24, 2.45) is 0 Å². The Kier molecular flexibility index (Phi) is 7.83. The molecule has 2 aliphatic rings. The summed E-state index contributed by atoms with van der Waals surface area (Å²) in [5.74, 6) is -1.37. The van der Waals surface area contributed by atoms with Gasteiger partial charge in [0.1, 0.15) is 11.6 Å². The van der Waals surface area contributed by atoms with E-state index in [0.717, 1.165) is 28.5 Å². The predicted molar refractivity (Wildman–Crippen MR) is 156 cm³/mol. The van der Waals surface area contributed by atoms with Gasteiger partial charge >= 0.3 is 5.97 Å². The van der Waals surface area contributed by atoms with Gasteiger partial charge in [0.25, 0.3) is 0 Å². The van der Waals surface area contributed by atoms with E-state index in [2.05, 4.69) is 46.1 Å². The molecule has 1 aliphatic heterocycles. The molecule has 3 aromatic carbocycles. The van der Waals surface area contributed by atoms with Crippen LogP contribution in [0.5, 0.6) is 0 Å². The first-order valence-corrected chi connectivity index (χ1v) is 13.5. The number of carbonyl (C=O) groups is 1. The fourth-order valence-corrected chi connectivity index (χ4v) is 5.64. The maximum atomic E-state index is 15.9. The minimum absolute atomic E-state index is 0.0416. The topological polar surface area (TPSA) is 65.4 Å². The Bertz CT molecular complexity index is 1470. The number of nitrogens with one attached hydrogen (secondary N) is 2. The van der Waals surface area contributed by atoms with Crippen LogP contribution in [-0.4, -0.2) is 32.4 Å². The second-order valence-corrected chi connectivity index (χ2v) is 10.4. The predicted octanol–water partition coefficient (Wildman–Crippen LogP) is 6.78. The highest BCUT2D eigenvalue weighted by atomic mass is 19.1. The van der Waals surface area contributed by atoms with E-state index in [9.17, 15) is 4.79 Å². The van der Waals surface area contributed by atoms with Crippen LogP contribution in [-0.2, 0) is 16.0 Å². The third-order valence-corrected chi connectivity index (χ3v) is 7.72. The van der Waals surface area contributed by atoms with E-state index in [-0.39, 0.29) is 17.2 Å². The number of methoxy groups -OCH3 is 1. The molecule has 0 bridgehead atoms. The zero-order valence-corrected chi connectivity index (χ0v) is 22.9. The molecule has 206 valence electrons. The van der Waals surface area contributed by atoms with Gasteiger partial charge in [0.15, 0.2) is 0 Å². The number of ether oxygens (including phenoxy) is 1. The van der Waals surface area contributed by atoms with Crippen LogP contribution in [0.4, 0.5) is 14.5 Å². The molecule has 5 nitrogen and oxygen atoms in total. The number of carbonyl (C=O) groups excluding carboxylic acids is 1.